The van der Waals surface area contributed by atoms with Crippen LogP contribution in [0.4, 0.5) is 9.59 Å². The van der Waals surface area contributed by atoms with E-state index in [2.05, 4.69) is 24.5 Å². The van der Waals surface area contributed by atoms with Crippen LogP contribution in [0, 0.1) is 0 Å². The van der Waals surface area contributed by atoms with E-state index in [0.717, 1.165) is 51.4 Å². The number of unbranched alkanes of at least 4 members (excludes halogenated alkanes) is 8. The Morgan fingerprint density at radius 1 is 0.600 bits per heavy atom. The lowest BCUT2D eigenvalue weighted by molar-refractivity contribution is 0.143. The van der Waals surface area contributed by atoms with E-state index in [1.54, 1.807) is 0 Å². The summed E-state index contributed by atoms with van der Waals surface area (Å²) in [4.78, 5) is 22.6. The van der Waals surface area contributed by atoms with Gasteiger partial charge in [0.1, 0.15) is 0 Å². The van der Waals surface area contributed by atoms with Crippen LogP contribution >= 0.6 is 0 Å². The fourth-order valence-corrected chi connectivity index (χ4v) is 2.24. The Balaban J connectivity index is 3.18. The molecular weight excluding hydrogens is 320 g/mol. The second kappa shape index (κ2) is 18.9. The highest BCUT2D eigenvalue weighted by Gasteiger charge is 2.01. The number of ether oxygens (including phenoxy) is 2. The van der Waals surface area contributed by atoms with Crippen molar-refractivity contribution in [2.75, 3.05) is 26.3 Å². The molecule has 0 aliphatic carbocycles. The molecule has 0 aliphatic heterocycles. The third kappa shape index (κ3) is 18.7. The first-order chi connectivity index (χ1) is 12.2. The molecule has 0 aromatic carbocycles. The van der Waals surface area contributed by atoms with E-state index < -0.39 is 0 Å². The maximum Gasteiger partial charge on any atom is 0.407 e. The molecule has 0 spiro atoms. The Hall–Kier alpha value is -1.46. The van der Waals surface area contributed by atoms with Crippen LogP contribution in [0.3, 0.4) is 0 Å². The summed E-state index contributed by atoms with van der Waals surface area (Å²) < 4.78 is 10.0. The standard InChI is InChI=1S/C19H38N2O4/c1-3-5-16-24-18(22)20-14-12-10-8-7-9-11-13-15-21-19(23)25-17-6-4-2/h3-17H2,1-2H3,(H,20,22)(H,21,23). The molecule has 0 aliphatic rings. The minimum Gasteiger partial charge on any atom is -0.450 e. The lowest BCUT2D eigenvalue weighted by atomic mass is 10.1. The van der Waals surface area contributed by atoms with Gasteiger partial charge in [-0.25, -0.2) is 9.59 Å². The third-order valence-electron chi connectivity index (χ3n) is 3.85. The number of rotatable bonds is 16. The van der Waals surface area contributed by atoms with Crippen LogP contribution in [0.5, 0.6) is 0 Å². The fourth-order valence-electron chi connectivity index (χ4n) is 2.24. The molecule has 0 atom stereocenters. The van der Waals surface area contributed by atoms with Gasteiger partial charge in [-0.1, -0.05) is 58.8 Å². The molecule has 2 N–H and O–H groups in total. The van der Waals surface area contributed by atoms with E-state index in [0.29, 0.717) is 26.3 Å². The third-order valence-corrected chi connectivity index (χ3v) is 3.85. The van der Waals surface area contributed by atoms with Gasteiger partial charge in [-0.05, 0) is 25.7 Å². The van der Waals surface area contributed by atoms with Gasteiger partial charge >= 0.3 is 12.2 Å². The Morgan fingerprint density at radius 3 is 1.32 bits per heavy atom. The first kappa shape index (κ1) is 23.5. The van der Waals surface area contributed by atoms with Gasteiger partial charge in [-0.15, -0.1) is 0 Å². The highest BCUT2D eigenvalue weighted by atomic mass is 16.6. The van der Waals surface area contributed by atoms with E-state index in [9.17, 15) is 9.59 Å². The van der Waals surface area contributed by atoms with Crippen molar-refractivity contribution in [3.05, 3.63) is 0 Å². The van der Waals surface area contributed by atoms with Crippen molar-refractivity contribution in [2.45, 2.75) is 84.5 Å². The molecule has 0 saturated heterocycles. The van der Waals surface area contributed by atoms with Gasteiger partial charge in [0, 0.05) is 13.1 Å². The second-order valence-electron chi connectivity index (χ2n) is 6.31. The maximum atomic E-state index is 11.3. The van der Waals surface area contributed by atoms with Gasteiger partial charge in [0.15, 0.2) is 0 Å². The van der Waals surface area contributed by atoms with Crippen LogP contribution in [0.25, 0.3) is 0 Å². The van der Waals surface area contributed by atoms with Crippen LogP contribution in [-0.2, 0) is 9.47 Å². The number of carbonyl (C=O) groups excluding carboxylic acids is 2. The summed E-state index contributed by atoms with van der Waals surface area (Å²) >= 11 is 0. The van der Waals surface area contributed by atoms with Gasteiger partial charge in [0.25, 0.3) is 0 Å². The molecule has 0 rings (SSSR count). The minimum absolute atomic E-state index is 0.297. The fraction of sp³-hybridized carbons (Fsp3) is 0.895. The molecule has 6 heteroatoms. The average molecular weight is 359 g/mol. The molecule has 6 nitrogen and oxygen atoms in total. The second-order valence-corrected chi connectivity index (χ2v) is 6.31. The first-order valence-corrected chi connectivity index (χ1v) is 10.0. The van der Waals surface area contributed by atoms with Crippen LogP contribution < -0.4 is 10.6 Å². The summed E-state index contributed by atoms with van der Waals surface area (Å²) in [5, 5.41) is 5.55. The van der Waals surface area contributed by atoms with Crippen LogP contribution in [-0.4, -0.2) is 38.5 Å². The average Bonchev–Trinajstić information content (AvgIpc) is 2.60. The van der Waals surface area contributed by atoms with Crippen LogP contribution in [0.2, 0.25) is 0 Å². The smallest absolute Gasteiger partial charge is 0.407 e. The topological polar surface area (TPSA) is 76.7 Å². The Bertz CT molecular complexity index is 295. The summed E-state index contributed by atoms with van der Waals surface area (Å²) in [6, 6.07) is 0. The highest BCUT2D eigenvalue weighted by molar-refractivity contribution is 5.67. The number of nitrogens with one attached hydrogen (secondary N) is 2. The molecule has 0 unspecified atom stereocenters. The number of hydrogen-bond acceptors (Lipinski definition) is 4. The van der Waals surface area contributed by atoms with Gasteiger partial charge in [0.05, 0.1) is 13.2 Å². The van der Waals surface area contributed by atoms with Crippen molar-refractivity contribution < 1.29 is 19.1 Å². The largest absolute Gasteiger partial charge is 0.450 e. The molecule has 2 amide bonds. The van der Waals surface area contributed by atoms with Crippen molar-refractivity contribution >= 4 is 12.2 Å². The lowest BCUT2D eigenvalue weighted by Gasteiger charge is -2.07. The SMILES string of the molecule is CCCCOC(=O)NCCCCCCCCCNC(=O)OCCCC. The number of amides is 2. The predicted octanol–water partition coefficient (Wildman–Crippen LogP) is 4.77. The Labute approximate surface area is 153 Å². The molecule has 0 saturated carbocycles. The van der Waals surface area contributed by atoms with Crippen molar-refractivity contribution in [3.8, 4) is 0 Å². The van der Waals surface area contributed by atoms with Crippen molar-refractivity contribution in [2.24, 2.45) is 0 Å². The number of carbonyl (C=O) groups is 2. The molecule has 0 fully saturated rings. The zero-order chi connectivity index (χ0) is 18.6. The predicted molar refractivity (Wildman–Crippen MR) is 101 cm³/mol. The van der Waals surface area contributed by atoms with E-state index in [1.807, 2.05) is 0 Å². The monoisotopic (exact) mass is 358 g/mol. The van der Waals surface area contributed by atoms with E-state index in [-0.39, 0.29) is 12.2 Å². The Kier molecular flexibility index (Phi) is 17.8. The molecule has 0 radical (unpaired) electrons. The number of alkyl carbamates (subject to hydrolysis) is 2. The minimum atomic E-state index is -0.297. The van der Waals surface area contributed by atoms with Gasteiger partial charge < -0.3 is 20.1 Å². The van der Waals surface area contributed by atoms with Gasteiger partial charge in [0.2, 0.25) is 0 Å². The van der Waals surface area contributed by atoms with Crippen molar-refractivity contribution in [3.63, 3.8) is 0 Å². The van der Waals surface area contributed by atoms with E-state index in [1.165, 1.54) is 19.3 Å². The van der Waals surface area contributed by atoms with Crippen molar-refractivity contribution in [1.29, 1.82) is 0 Å². The molecule has 25 heavy (non-hydrogen) atoms. The molecule has 0 bridgehead atoms. The summed E-state index contributed by atoms with van der Waals surface area (Å²) in [6.45, 7) is 6.53. The van der Waals surface area contributed by atoms with Crippen LogP contribution in [0.1, 0.15) is 84.5 Å². The molecule has 0 heterocycles. The molecule has 0 aromatic heterocycles. The normalized spacial score (nSPS) is 10.3. The van der Waals surface area contributed by atoms with Gasteiger partial charge in [-0.3, -0.25) is 0 Å². The summed E-state index contributed by atoms with van der Waals surface area (Å²) in [7, 11) is 0. The van der Waals surface area contributed by atoms with Crippen LogP contribution in [0.15, 0.2) is 0 Å². The zero-order valence-corrected chi connectivity index (χ0v) is 16.2. The lowest BCUT2D eigenvalue weighted by Crippen LogP contribution is -2.25. The van der Waals surface area contributed by atoms with E-state index in [4.69, 9.17) is 9.47 Å². The molecule has 148 valence electrons. The first-order valence-electron chi connectivity index (χ1n) is 10.0. The summed E-state index contributed by atoms with van der Waals surface area (Å²) in [5.41, 5.74) is 0. The molecular formula is C19H38N2O4. The maximum absolute atomic E-state index is 11.3. The summed E-state index contributed by atoms with van der Waals surface area (Å²) in [6.07, 6.45) is 11.1. The Morgan fingerprint density at radius 2 is 0.960 bits per heavy atom. The molecule has 0 aromatic rings. The summed E-state index contributed by atoms with van der Waals surface area (Å²) in [5.74, 6) is 0. The number of hydrogen-bond donors (Lipinski definition) is 2. The zero-order valence-electron chi connectivity index (χ0n) is 16.2. The quantitative estimate of drug-likeness (QED) is 0.390. The van der Waals surface area contributed by atoms with Gasteiger partial charge in [-0.2, -0.15) is 0 Å². The highest BCUT2D eigenvalue weighted by Crippen LogP contribution is 2.06. The van der Waals surface area contributed by atoms with E-state index >= 15 is 0 Å². The van der Waals surface area contributed by atoms with Crippen molar-refractivity contribution in [1.82, 2.24) is 10.6 Å².